The lowest BCUT2D eigenvalue weighted by atomic mass is 9.86. The molecule has 1 N–H and O–H groups in total. The number of nitrogens with zero attached hydrogens (tertiary/aromatic N) is 1. The molecule has 0 spiro atoms. The largest absolute Gasteiger partial charge is 0.493 e. The van der Waals surface area contributed by atoms with Crippen molar-refractivity contribution in [1.29, 1.82) is 0 Å². The van der Waals surface area contributed by atoms with E-state index in [0.717, 1.165) is 35.6 Å². The summed E-state index contributed by atoms with van der Waals surface area (Å²) in [4.78, 5) is 14.4. The Kier molecular flexibility index (Phi) is 5.91. The Morgan fingerprint density at radius 1 is 1.20 bits per heavy atom. The van der Waals surface area contributed by atoms with Crippen LogP contribution < -0.4 is 24.3 Å². The first-order valence-electron chi connectivity index (χ1n) is 12.0. The van der Waals surface area contributed by atoms with Crippen molar-refractivity contribution in [1.82, 2.24) is 10.2 Å². The number of rotatable bonds is 5. The van der Waals surface area contributed by atoms with Crippen LogP contribution in [0.1, 0.15) is 56.0 Å². The second-order valence-corrected chi connectivity index (χ2v) is 9.89. The average molecular weight is 481 g/mol. The van der Waals surface area contributed by atoms with Crippen LogP contribution in [0, 0.1) is 0 Å². The van der Waals surface area contributed by atoms with Gasteiger partial charge in [0.15, 0.2) is 23.0 Å². The van der Waals surface area contributed by atoms with E-state index in [1.54, 1.807) is 7.11 Å². The summed E-state index contributed by atoms with van der Waals surface area (Å²) >= 11 is 0. The van der Waals surface area contributed by atoms with Crippen LogP contribution in [0.15, 0.2) is 24.3 Å². The Hall–Kier alpha value is -3.55. The van der Waals surface area contributed by atoms with E-state index >= 15 is 0 Å². The Morgan fingerprint density at radius 2 is 1.97 bits per heavy atom. The van der Waals surface area contributed by atoms with Gasteiger partial charge in [0.25, 0.3) is 0 Å². The highest BCUT2D eigenvalue weighted by atomic mass is 16.7. The third kappa shape index (κ3) is 4.45. The maximum atomic E-state index is 12.0. The van der Waals surface area contributed by atoms with Crippen LogP contribution in [0.5, 0.6) is 23.0 Å². The Morgan fingerprint density at radius 3 is 2.71 bits per heavy atom. The van der Waals surface area contributed by atoms with Gasteiger partial charge in [-0.3, -0.25) is 0 Å². The first-order chi connectivity index (χ1) is 16.7. The zero-order valence-electron chi connectivity index (χ0n) is 20.9. The van der Waals surface area contributed by atoms with Crippen molar-refractivity contribution < 1.29 is 28.5 Å². The van der Waals surface area contributed by atoms with Crippen LogP contribution in [-0.2, 0) is 11.2 Å². The lowest BCUT2D eigenvalue weighted by Gasteiger charge is -2.42. The van der Waals surface area contributed by atoms with Crippen molar-refractivity contribution >= 4 is 17.9 Å². The number of methoxy groups -OCH3 is 1. The molecule has 0 saturated heterocycles. The molecule has 0 unspecified atom stereocenters. The van der Waals surface area contributed by atoms with Crippen LogP contribution in [0.3, 0.4) is 0 Å². The predicted molar refractivity (Wildman–Crippen MR) is 132 cm³/mol. The molecular formula is C27H32N2O6. The average Bonchev–Trinajstić information content (AvgIpc) is 3.26. The van der Waals surface area contributed by atoms with Gasteiger partial charge in [0.2, 0.25) is 6.79 Å². The summed E-state index contributed by atoms with van der Waals surface area (Å²) in [5.41, 5.74) is 5.24. The van der Waals surface area contributed by atoms with Crippen molar-refractivity contribution in [2.24, 2.45) is 0 Å². The number of hydrogen-bond acceptors (Lipinski definition) is 7. The number of nitrogens with one attached hydrogen (secondary N) is 1. The molecule has 1 amide bonds. The van der Waals surface area contributed by atoms with Gasteiger partial charge in [-0.05, 0) is 69.5 Å². The number of ether oxygens (including phenoxy) is 5. The lowest BCUT2D eigenvalue weighted by Crippen LogP contribution is -2.35. The van der Waals surface area contributed by atoms with Crippen LogP contribution in [0.2, 0.25) is 0 Å². The molecule has 2 aromatic carbocycles. The SMILES string of the molecule is COc1ccc2c(c1OCCNC(=O)OC(C)(C)C)[C@@H](C)N1CCc3cc4c(cc3C1=C2)OCO4. The standard InChI is InChI=1S/C27H32N2O6/c1-16-24-18(6-7-21(31-5)25(24)32-11-9-28-26(30)35-27(2,3)4)12-20-19-14-23-22(33-15-34-23)13-17(19)8-10-29(16)20/h6-7,12-14,16H,8-11,15H2,1-5H3,(H,28,30)/t16-/m1/s1. The van der Waals surface area contributed by atoms with Gasteiger partial charge < -0.3 is 33.9 Å². The van der Waals surface area contributed by atoms with E-state index in [1.807, 2.05) is 26.8 Å². The summed E-state index contributed by atoms with van der Waals surface area (Å²) in [5, 5.41) is 2.74. The van der Waals surface area contributed by atoms with E-state index in [0.29, 0.717) is 24.7 Å². The molecule has 0 aromatic heterocycles. The lowest BCUT2D eigenvalue weighted by molar-refractivity contribution is 0.0520. The molecule has 0 saturated carbocycles. The Labute approximate surface area is 205 Å². The fourth-order valence-electron chi connectivity index (χ4n) is 4.89. The van der Waals surface area contributed by atoms with Gasteiger partial charge in [0, 0.05) is 23.4 Å². The highest BCUT2D eigenvalue weighted by Crippen LogP contribution is 2.49. The molecule has 5 rings (SSSR count). The fourth-order valence-corrected chi connectivity index (χ4v) is 4.89. The number of hydrogen-bond donors (Lipinski definition) is 1. The summed E-state index contributed by atoms with van der Waals surface area (Å²) in [6.07, 6.45) is 2.67. The number of fused-ring (bicyclic) bond motifs is 5. The monoisotopic (exact) mass is 480 g/mol. The molecule has 0 radical (unpaired) electrons. The second kappa shape index (κ2) is 8.91. The zero-order chi connectivity index (χ0) is 24.7. The zero-order valence-corrected chi connectivity index (χ0v) is 20.9. The van der Waals surface area contributed by atoms with Crippen molar-refractivity contribution in [3.05, 3.63) is 46.5 Å². The Balaban J connectivity index is 1.41. The number of carbonyl (C=O) groups is 1. The first kappa shape index (κ1) is 23.2. The van der Waals surface area contributed by atoms with Crippen LogP contribution in [-0.4, -0.2) is 50.2 Å². The Bertz CT molecular complexity index is 1180. The van der Waals surface area contributed by atoms with E-state index in [9.17, 15) is 4.79 Å². The minimum atomic E-state index is -0.543. The minimum Gasteiger partial charge on any atom is -0.493 e. The topological polar surface area (TPSA) is 78.5 Å². The van der Waals surface area contributed by atoms with Gasteiger partial charge in [-0.25, -0.2) is 4.79 Å². The third-order valence-electron chi connectivity index (χ3n) is 6.41. The molecule has 3 aliphatic heterocycles. The van der Waals surface area contributed by atoms with Crippen LogP contribution in [0.4, 0.5) is 4.79 Å². The highest BCUT2D eigenvalue weighted by Gasteiger charge is 2.34. The van der Waals surface area contributed by atoms with Gasteiger partial charge in [-0.2, -0.15) is 0 Å². The van der Waals surface area contributed by atoms with Crippen molar-refractivity contribution in [3.8, 4) is 23.0 Å². The number of benzene rings is 2. The molecule has 0 bridgehead atoms. The highest BCUT2D eigenvalue weighted by molar-refractivity contribution is 5.88. The summed E-state index contributed by atoms with van der Waals surface area (Å²) in [6.45, 7) is 9.46. The molecule has 8 heteroatoms. The molecule has 3 heterocycles. The van der Waals surface area contributed by atoms with Crippen molar-refractivity contribution in [2.75, 3.05) is 33.6 Å². The van der Waals surface area contributed by atoms with Crippen molar-refractivity contribution in [3.63, 3.8) is 0 Å². The normalized spacial score (nSPS) is 17.6. The number of alkyl carbamates (subject to hydrolysis) is 1. The quantitative estimate of drug-likeness (QED) is 0.619. The van der Waals surface area contributed by atoms with Crippen molar-refractivity contribution in [2.45, 2.75) is 45.8 Å². The first-order valence-corrected chi connectivity index (χ1v) is 12.0. The van der Waals surface area contributed by atoms with E-state index < -0.39 is 11.7 Å². The summed E-state index contributed by atoms with van der Waals surface area (Å²) in [5.74, 6) is 2.99. The van der Waals surface area contributed by atoms with Gasteiger partial charge in [0.05, 0.1) is 19.7 Å². The number of carbonyl (C=O) groups excluding carboxylic acids is 1. The molecule has 3 aliphatic rings. The summed E-state index contributed by atoms with van der Waals surface area (Å²) in [7, 11) is 1.64. The van der Waals surface area contributed by atoms with E-state index in [2.05, 4.69) is 41.4 Å². The van der Waals surface area contributed by atoms with E-state index in [-0.39, 0.29) is 12.8 Å². The van der Waals surface area contributed by atoms with Crippen LogP contribution >= 0.6 is 0 Å². The smallest absolute Gasteiger partial charge is 0.407 e. The van der Waals surface area contributed by atoms with E-state index in [1.165, 1.54) is 16.8 Å². The fraction of sp³-hybridized carbons (Fsp3) is 0.444. The maximum Gasteiger partial charge on any atom is 0.407 e. The molecule has 8 nitrogen and oxygen atoms in total. The van der Waals surface area contributed by atoms with Gasteiger partial charge >= 0.3 is 6.09 Å². The maximum absolute atomic E-state index is 12.0. The predicted octanol–water partition coefficient (Wildman–Crippen LogP) is 4.76. The molecule has 1 atom stereocenters. The molecular weight excluding hydrogens is 448 g/mol. The van der Waals surface area contributed by atoms with Gasteiger partial charge in [-0.15, -0.1) is 0 Å². The molecule has 35 heavy (non-hydrogen) atoms. The summed E-state index contributed by atoms with van der Waals surface area (Å²) in [6, 6.07) is 8.28. The number of amides is 1. The molecule has 2 aromatic rings. The molecule has 186 valence electrons. The summed E-state index contributed by atoms with van der Waals surface area (Å²) < 4.78 is 28.4. The minimum absolute atomic E-state index is 0.0764. The van der Waals surface area contributed by atoms with Gasteiger partial charge in [0.1, 0.15) is 12.2 Å². The van der Waals surface area contributed by atoms with Gasteiger partial charge in [-0.1, -0.05) is 6.07 Å². The molecule has 0 fully saturated rings. The van der Waals surface area contributed by atoms with E-state index in [4.69, 9.17) is 23.7 Å². The van der Waals surface area contributed by atoms with Crippen LogP contribution in [0.25, 0.3) is 11.8 Å². The second-order valence-electron chi connectivity index (χ2n) is 9.89. The molecule has 0 aliphatic carbocycles. The third-order valence-corrected chi connectivity index (χ3v) is 6.41.